The molecule has 0 radical (unpaired) electrons. The van der Waals surface area contributed by atoms with Crippen LogP contribution in [0.1, 0.15) is 0 Å². The Kier molecular flexibility index (Phi) is 5.60. The minimum atomic E-state index is 0.645. The van der Waals surface area contributed by atoms with Crippen molar-refractivity contribution in [3.63, 3.8) is 0 Å². The van der Waals surface area contributed by atoms with Crippen molar-refractivity contribution in [3.05, 3.63) is 164 Å². The molecule has 0 amide bonds. The van der Waals surface area contributed by atoms with Crippen molar-refractivity contribution < 1.29 is 0 Å². The second-order valence-corrected chi connectivity index (χ2v) is 12.8. The van der Waals surface area contributed by atoms with Gasteiger partial charge in [-0.1, -0.05) is 115 Å². The molecule has 50 heavy (non-hydrogen) atoms. The highest BCUT2D eigenvalue weighted by Crippen LogP contribution is 2.44. The van der Waals surface area contributed by atoms with Crippen LogP contribution in [0.2, 0.25) is 0 Å². The number of hydrogen-bond donors (Lipinski definition) is 0. The molecule has 0 unspecified atom stereocenters. The van der Waals surface area contributed by atoms with Gasteiger partial charge in [0.05, 0.1) is 27.6 Å². The van der Waals surface area contributed by atoms with Gasteiger partial charge >= 0.3 is 0 Å². The lowest BCUT2D eigenvalue weighted by atomic mass is 10.0. The highest BCUT2D eigenvalue weighted by molar-refractivity contribution is 6.32. The zero-order valence-electron chi connectivity index (χ0n) is 26.8. The number of aromatic nitrogens is 5. The van der Waals surface area contributed by atoms with Gasteiger partial charge in [0.15, 0.2) is 17.5 Å². The molecule has 11 aromatic rings. The zero-order chi connectivity index (χ0) is 32.8. The van der Waals surface area contributed by atoms with Crippen LogP contribution in [0, 0.1) is 0 Å². The predicted octanol–water partition coefficient (Wildman–Crippen LogP) is 11.1. The summed E-state index contributed by atoms with van der Waals surface area (Å²) in [5, 5.41) is 7.70. The minimum Gasteiger partial charge on any atom is -0.309 e. The summed E-state index contributed by atoms with van der Waals surface area (Å²) in [5.41, 5.74) is 10.1. The number of hydrogen-bond acceptors (Lipinski definition) is 3. The fourth-order valence-corrected chi connectivity index (χ4v) is 7.95. The topological polar surface area (TPSA) is 48.0 Å². The molecule has 7 aromatic carbocycles. The van der Waals surface area contributed by atoms with E-state index in [0.29, 0.717) is 17.5 Å². The highest BCUT2D eigenvalue weighted by atomic mass is 15.0. The average Bonchev–Trinajstić information content (AvgIpc) is 3.84. The Morgan fingerprint density at radius 1 is 0.320 bits per heavy atom. The maximum absolute atomic E-state index is 4.95. The Morgan fingerprint density at radius 2 is 0.820 bits per heavy atom. The highest BCUT2D eigenvalue weighted by Gasteiger charge is 2.22. The summed E-state index contributed by atoms with van der Waals surface area (Å²) in [6.07, 6.45) is 0. The summed E-state index contributed by atoms with van der Waals surface area (Å²) in [7, 11) is 0. The van der Waals surface area contributed by atoms with Crippen molar-refractivity contribution in [3.8, 4) is 39.9 Å². The van der Waals surface area contributed by atoms with Crippen LogP contribution in [0.3, 0.4) is 0 Å². The van der Waals surface area contributed by atoms with Gasteiger partial charge in [0.1, 0.15) is 0 Å². The Bertz CT molecular complexity index is 3010. The van der Waals surface area contributed by atoms with Gasteiger partial charge in [0.2, 0.25) is 0 Å². The summed E-state index contributed by atoms with van der Waals surface area (Å²) in [6, 6.07) is 57.7. The first-order valence-corrected chi connectivity index (χ1v) is 16.9. The molecule has 0 aliphatic carbocycles. The third-order valence-electron chi connectivity index (χ3n) is 10.1. The maximum atomic E-state index is 4.95. The third kappa shape index (κ3) is 3.80. The molecule has 0 saturated carbocycles. The Balaban J connectivity index is 1.12. The first-order chi connectivity index (χ1) is 24.8. The summed E-state index contributed by atoms with van der Waals surface area (Å²) in [6.45, 7) is 0. The van der Waals surface area contributed by atoms with Gasteiger partial charge in [-0.05, 0) is 48.5 Å². The lowest BCUT2D eigenvalue weighted by Crippen LogP contribution is -2.00. The van der Waals surface area contributed by atoms with E-state index in [0.717, 1.165) is 22.4 Å². The van der Waals surface area contributed by atoms with Gasteiger partial charge in [0, 0.05) is 54.7 Å². The van der Waals surface area contributed by atoms with E-state index in [1.54, 1.807) is 0 Å². The first-order valence-electron chi connectivity index (χ1n) is 16.9. The van der Waals surface area contributed by atoms with E-state index in [1.807, 2.05) is 60.7 Å². The van der Waals surface area contributed by atoms with E-state index < -0.39 is 0 Å². The van der Waals surface area contributed by atoms with Gasteiger partial charge in [-0.15, -0.1) is 0 Å². The number of fused-ring (bicyclic) bond motifs is 10. The monoisotopic (exact) mass is 637 g/mol. The lowest BCUT2D eigenvalue weighted by Gasteiger charge is -2.11. The van der Waals surface area contributed by atoms with Crippen LogP contribution in [0.4, 0.5) is 0 Å². The molecule has 0 spiro atoms. The van der Waals surface area contributed by atoms with Crippen molar-refractivity contribution in [1.82, 2.24) is 23.9 Å². The van der Waals surface area contributed by atoms with Crippen LogP contribution >= 0.6 is 0 Å². The van der Waals surface area contributed by atoms with E-state index in [2.05, 4.69) is 112 Å². The second kappa shape index (κ2) is 10.3. The predicted molar refractivity (Wildman–Crippen MR) is 205 cm³/mol. The summed E-state index contributed by atoms with van der Waals surface area (Å²) < 4.78 is 4.84. The third-order valence-corrected chi connectivity index (χ3v) is 10.1. The fourth-order valence-electron chi connectivity index (χ4n) is 7.95. The van der Waals surface area contributed by atoms with Crippen molar-refractivity contribution in [2.24, 2.45) is 0 Å². The van der Waals surface area contributed by atoms with Gasteiger partial charge in [-0.25, -0.2) is 15.0 Å². The van der Waals surface area contributed by atoms with Gasteiger partial charge in [-0.3, -0.25) is 0 Å². The number of para-hydroxylation sites is 3. The molecular formula is C45H27N5. The van der Waals surface area contributed by atoms with E-state index in [4.69, 9.17) is 15.0 Å². The Morgan fingerprint density at radius 3 is 1.50 bits per heavy atom. The van der Waals surface area contributed by atoms with Crippen molar-refractivity contribution in [1.29, 1.82) is 0 Å². The van der Waals surface area contributed by atoms with Gasteiger partial charge in [-0.2, -0.15) is 0 Å². The van der Waals surface area contributed by atoms with E-state index >= 15 is 0 Å². The summed E-state index contributed by atoms with van der Waals surface area (Å²) in [5.74, 6) is 1.96. The van der Waals surface area contributed by atoms with E-state index in [-0.39, 0.29) is 0 Å². The average molecular weight is 638 g/mol. The first kappa shape index (κ1) is 27.1. The molecule has 0 aliphatic heterocycles. The van der Waals surface area contributed by atoms with Crippen molar-refractivity contribution in [2.75, 3.05) is 0 Å². The quantitative estimate of drug-likeness (QED) is 0.193. The van der Waals surface area contributed by atoms with Crippen LogP contribution < -0.4 is 0 Å². The van der Waals surface area contributed by atoms with Crippen LogP contribution in [0.25, 0.3) is 99.8 Å². The van der Waals surface area contributed by atoms with Crippen LogP contribution in [0.5, 0.6) is 0 Å². The largest absolute Gasteiger partial charge is 0.309 e. The number of nitrogens with zero attached hydrogens (tertiary/aromatic N) is 5. The van der Waals surface area contributed by atoms with Gasteiger partial charge < -0.3 is 8.97 Å². The Hall–Kier alpha value is -6.85. The molecule has 232 valence electrons. The molecule has 4 heterocycles. The molecule has 11 rings (SSSR count). The zero-order valence-corrected chi connectivity index (χ0v) is 26.8. The fraction of sp³-hybridized carbons (Fsp3) is 0. The van der Waals surface area contributed by atoms with Gasteiger partial charge in [0.25, 0.3) is 0 Å². The maximum Gasteiger partial charge on any atom is 0.164 e. The molecule has 0 atom stereocenters. The Labute approximate surface area is 286 Å². The van der Waals surface area contributed by atoms with E-state index in [1.165, 1.54) is 59.9 Å². The molecular weight excluding hydrogens is 611 g/mol. The lowest BCUT2D eigenvalue weighted by molar-refractivity contribution is 1.07. The normalized spacial score (nSPS) is 12.0. The molecule has 0 bridgehead atoms. The summed E-state index contributed by atoms with van der Waals surface area (Å²) in [4.78, 5) is 14.8. The van der Waals surface area contributed by atoms with Crippen molar-refractivity contribution >= 4 is 59.9 Å². The molecule has 0 N–H and O–H groups in total. The molecule has 0 aliphatic rings. The van der Waals surface area contributed by atoms with Crippen LogP contribution in [-0.4, -0.2) is 23.9 Å². The van der Waals surface area contributed by atoms with Crippen LogP contribution in [-0.2, 0) is 0 Å². The smallest absolute Gasteiger partial charge is 0.164 e. The molecule has 0 fully saturated rings. The standard InChI is InChI=1S/C45H27N5/c1-3-12-28(13-4-1)43-46-44(29-14-5-2-6-15-29)48-45(47-43)30-22-24-31(25-23-30)49-37-21-10-8-17-34(37)40-38(49)26-27-39-41(40)35-19-11-18-33-32-16-7-9-20-36(32)50(39)42(33)35/h1-27H. The van der Waals surface area contributed by atoms with E-state index in [9.17, 15) is 0 Å². The summed E-state index contributed by atoms with van der Waals surface area (Å²) >= 11 is 0. The SMILES string of the molecule is c1ccc(-c2nc(-c3ccccc3)nc(-c3ccc(-n4c5ccccc5c5c6c7cccc8c9ccccc9n(c6ccc54)c87)cc3)n2)cc1. The molecule has 4 aromatic heterocycles. The van der Waals surface area contributed by atoms with Crippen LogP contribution in [0.15, 0.2) is 164 Å². The van der Waals surface area contributed by atoms with Crippen molar-refractivity contribution in [2.45, 2.75) is 0 Å². The molecule has 0 saturated heterocycles. The molecule has 5 nitrogen and oxygen atoms in total. The number of benzene rings is 7. The number of rotatable bonds is 4. The minimum absolute atomic E-state index is 0.645. The molecule has 5 heteroatoms. The second-order valence-electron chi connectivity index (χ2n) is 12.8.